The lowest BCUT2D eigenvalue weighted by Gasteiger charge is -2.22. The topological polar surface area (TPSA) is 78.1 Å². The Morgan fingerprint density at radius 3 is 2.91 bits per heavy atom. The van der Waals surface area contributed by atoms with Crippen LogP contribution in [0.4, 0.5) is 0 Å². The summed E-state index contributed by atoms with van der Waals surface area (Å²) in [5.41, 5.74) is 2.61. The van der Waals surface area contributed by atoms with E-state index in [0.29, 0.717) is 12.6 Å². The first-order valence-corrected chi connectivity index (χ1v) is 10.5. The van der Waals surface area contributed by atoms with Crippen molar-refractivity contribution in [3.63, 3.8) is 0 Å². The first kappa shape index (κ1) is 16.9. The van der Waals surface area contributed by atoms with E-state index in [1.807, 2.05) is 0 Å². The van der Waals surface area contributed by atoms with E-state index in [2.05, 4.69) is 14.6 Å². The minimum atomic E-state index is -3.07. The number of likely N-dealkylation sites (tertiary alicyclic amines) is 1. The third-order valence-electron chi connectivity index (χ3n) is 4.98. The summed E-state index contributed by atoms with van der Waals surface area (Å²) in [4.78, 5) is 10.9. The maximum atomic E-state index is 11.5. The molecule has 0 aromatic carbocycles. The minimum absolute atomic E-state index is 0.150. The fraction of sp³-hybridized carbons (Fsp3) is 0.812. The maximum Gasteiger partial charge on any atom is 0.211 e. The fourth-order valence-corrected chi connectivity index (χ4v) is 4.31. The Morgan fingerprint density at radius 1 is 1.30 bits per heavy atom. The van der Waals surface area contributed by atoms with Crippen LogP contribution in [0.1, 0.15) is 62.3 Å². The average Bonchev–Trinajstić information content (AvgIpc) is 3.17. The Kier molecular flexibility index (Phi) is 5.38. The van der Waals surface area contributed by atoms with Gasteiger partial charge in [-0.1, -0.05) is 0 Å². The second-order valence-corrected chi connectivity index (χ2v) is 8.70. The summed E-state index contributed by atoms with van der Waals surface area (Å²) < 4.78 is 25.6. The van der Waals surface area contributed by atoms with Gasteiger partial charge < -0.3 is 4.98 Å². The van der Waals surface area contributed by atoms with E-state index in [-0.39, 0.29) is 5.75 Å². The number of hydrogen-bond donors (Lipinski definition) is 2. The van der Waals surface area contributed by atoms with Gasteiger partial charge in [0, 0.05) is 18.8 Å². The minimum Gasteiger partial charge on any atom is -0.344 e. The number of H-pyrrole nitrogens is 1. The molecule has 2 N–H and O–H groups in total. The van der Waals surface area contributed by atoms with Crippen molar-refractivity contribution in [3.05, 3.63) is 17.2 Å². The lowest BCUT2D eigenvalue weighted by molar-refractivity contribution is 0.247. The Balaban J connectivity index is 1.54. The lowest BCUT2D eigenvalue weighted by atomic mass is 10.0. The molecule has 0 amide bonds. The normalized spacial score (nSPS) is 22.4. The Hall–Kier alpha value is -0.920. The number of aromatic amines is 1. The molecule has 23 heavy (non-hydrogen) atoms. The van der Waals surface area contributed by atoms with Gasteiger partial charge in [-0.15, -0.1) is 0 Å². The predicted molar refractivity (Wildman–Crippen MR) is 90.9 cm³/mol. The van der Waals surface area contributed by atoms with Crippen LogP contribution in [0.15, 0.2) is 0 Å². The summed E-state index contributed by atoms with van der Waals surface area (Å²) in [6, 6.07) is 0.378. The molecule has 3 rings (SSSR count). The molecule has 130 valence electrons. The molecule has 1 saturated heterocycles. The molecule has 2 aliphatic rings. The summed E-state index contributed by atoms with van der Waals surface area (Å²) in [7, 11) is -3.07. The molecule has 6 nitrogen and oxygen atoms in total. The molecule has 1 atom stereocenters. The van der Waals surface area contributed by atoms with Gasteiger partial charge in [-0.25, -0.2) is 18.1 Å². The van der Waals surface area contributed by atoms with Gasteiger partial charge in [0.05, 0.1) is 17.5 Å². The third kappa shape index (κ3) is 4.14. The zero-order chi connectivity index (χ0) is 16.3. The zero-order valence-electron chi connectivity index (χ0n) is 14.0. The van der Waals surface area contributed by atoms with Crippen LogP contribution in [-0.4, -0.2) is 48.7 Å². The number of nitrogens with zero attached hydrogens (tertiary/aromatic N) is 2. The number of aryl methyl sites for hydroxylation is 2. The molecule has 2 heterocycles. The molecule has 0 spiro atoms. The standard InChI is InChI=1S/C16H28N4O2S/c1-2-23(21,22)17-10-6-12-20-11-5-9-15(20)16-18-13-7-3-4-8-14(13)19-16/h15,17H,2-12H2,1H3,(H,18,19)/t15-/m1/s1. The van der Waals surface area contributed by atoms with Crippen LogP contribution in [0, 0.1) is 0 Å². The van der Waals surface area contributed by atoms with Crippen molar-refractivity contribution >= 4 is 10.0 Å². The highest BCUT2D eigenvalue weighted by atomic mass is 32.2. The van der Waals surface area contributed by atoms with Crippen molar-refractivity contribution in [2.45, 2.75) is 57.9 Å². The molecular weight excluding hydrogens is 312 g/mol. The number of nitrogens with one attached hydrogen (secondary N) is 2. The molecule has 1 fully saturated rings. The van der Waals surface area contributed by atoms with Crippen LogP contribution < -0.4 is 4.72 Å². The zero-order valence-corrected chi connectivity index (χ0v) is 14.8. The van der Waals surface area contributed by atoms with Gasteiger partial charge in [0.1, 0.15) is 5.82 Å². The lowest BCUT2D eigenvalue weighted by Crippen LogP contribution is -2.31. The van der Waals surface area contributed by atoms with Crippen LogP contribution >= 0.6 is 0 Å². The van der Waals surface area contributed by atoms with Gasteiger partial charge in [0.15, 0.2) is 0 Å². The van der Waals surface area contributed by atoms with Crippen molar-refractivity contribution in [1.82, 2.24) is 19.6 Å². The van der Waals surface area contributed by atoms with Crippen molar-refractivity contribution in [1.29, 1.82) is 0 Å². The van der Waals surface area contributed by atoms with E-state index in [1.165, 1.54) is 30.7 Å². The van der Waals surface area contributed by atoms with Crippen LogP contribution in [0.25, 0.3) is 0 Å². The summed E-state index contributed by atoms with van der Waals surface area (Å²) in [5.74, 6) is 1.28. The van der Waals surface area contributed by atoms with Gasteiger partial charge in [-0.05, 0) is 58.4 Å². The Labute approximate surface area is 139 Å². The number of aromatic nitrogens is 2. The monoisotopic (exact) mass is 340 g/mol. The van der Waals surface area contributed by atoms with E-state index in [0.717, 1.165) is 44.6 Å². The van der Waals surface area contributed by atoms with Crippen LogP contribution in [0.3, 0.4) is 0 Å². The first-order valence-electron chi connectivity index (χ1n) is 8.88. The SMILES string of the molecule is CCS(=O)(=O)NCCCN1CCC[C@@H]1c1nc2c([nH]1)CCCC2. The van der Waals surface area contributed by atoms with Gasteiger partial charge in [0.2, 0.25) is 10.0 Å². The third-order valence-corrected chi connectivity index (χ3v) is 6.38. The summed E-state index contributed by atoms with van der Waals surface area (Å²) >= 11 is 0. The largest absolute Gasteiger partial charge is 0.344 e. The van der Waals surface area contributed by atoms with E-state index < -0.39 is 10.0 Å². The van der Waals surface area contributed by atoms with Crippen molar-refractivity contribution in [2.24, 2.45) is 0 Å². The highest BCUT2D eigenvalue weighted by Crippen LogP contribution is 2.32. The van der Waals surface area contributed by atoms with E-state index >= 15 is 0 Å². The van der Waals surface area contributed by atoms with Gasteiger partial charge >= 0.3 is 0 Å². The number of sulfonamides is 1. The molecular formula is C16H28N4O2S. The van der Waals surface area contributed by atoms with Crippen LogP contribution in [-0.2, 0) is 22.9 Å². The molecule has 0 unspecified atom stereocenters. The predicted octanol–water partition coefficient (Wildman–Crippen LogP) is 1.75. The number of hydrogen-bond acceptors (Lipinski definition) is 4. The van der Waals surface area contributed by atoms with Gasteiger partial charge in [-0.2, -0.15) is 0 Å². The van der Waals surface area contributed by atoms with E-state index in [4.69, 9.17) is 4.98 Å². The summed E-state index contributed by atoms with van der Waals surface area (Å²) in [6.45, 7) is 4.18. The quantitative estimate of drug-likeness (QED) is 0.741. The smallest absolute Gasteiger partial charge is 0.211 e. The van der Waals surface area contributed by atoms with Crippen molar-refractivity contribution in [2.75, 3.05) is 25.4 Å². The Bertz CT molecular complexity index is 603. The Morgan fingerprint density at radius 2 is 2.13 bits per heavy atom. The molecule has 1 aromatic rings. The number of imidazole rings is 1. The summed E-state index contributed by atoms with van der Waals surface area (Å²) in [6.07, 6.45) is 7.94. The molecule has 7 heteroatoms. The first-order chi connectivity index (χ1) is 11.1. The van der Waals surface area contributed by atoms with Gasteiger partial charge in [0.25, 0.3) is 0 Å². The average molecular weight is 340 g/mol. The molecule has 1 aliphatic heterocycles. The molecule has 1 aliphatic carbocycles. The van der Waals surface area contributed by atoms with Crippen molar-refractivity contribution < 1.29 is 8.42 Å². The van der Waals surface area contributed by atoms with Crippen molar-refractivity contribution in [3.8, 4) is 0 Å². The van der Waals surface area contributed by atoms with E-state index in [9.17, 15) is 8.42 Å². The second-order valence-electron chi connectivity index (χ2n) is 6.60. The number of rotatable bonds is 7. The number of fused-ring (bicyclic) bond motifs is 1. The van der Waals surface area contributed by atoms with Crippen LogP contribution in [0.5, 0.6) is 0 Å². The highest BCUT2D eigenvalue weighted by Gasteiger charge is 2.29. The van der Waals surface area contributed by atoms with Crippen LogP contribution in [0.2, 0.25) is 0 Å². The highest BCUT2D eigenvalue weighted by molar-refractivity contribution is 7.89. The maximum absolute atomic E-state index is 11.5. The second kappa shape index (κ2) is 7.32. The molecule has 0 saturated carbocycles. The van der Waals surface area contributed by atoms with E-state index in [1.54, 1.807) is 6.92 Å². The summed E-state index contributed by atoms with van der Waals surface area (Å²) in [5, 5.41) is 0. The molecule has 1 aromatic heterocycles. The fourth-order valence-electron chi connectivity index (χ4n) is 3.65. The van der Waals surface area contributed by atoms with Gasteiger partial charge in [-0.3, -0.25) is 4.90 Å². The molecule has 0 bridgehead atoms. The molecule has 0 radical (unpaired) electrons.